The Hall–Kier alpha value is -0.620. The first-order chi connectivity index (χ1) is 7.16. The summed E-state index contributed by atoms with van der Waals surface area (Å²) in [5, 5.41) is 5.65. The molecule has 0 saturated heterocycles. The fourth-order valence-corrected chi connectivity index (χ4v) is 1.48. The van der Waals surface area contributed by atoms with Crippen LogP contribution in [0.2, 0.25) is 0 Å². The molecular formula is C10H22N2O3S. The van der Waals surface area contributed by atoms with E-state index in [1.54, 1.807) is 0 Å². The maximum atomic E-state index is 11.4. The summed E-state index contributed by atoms with van der Waals surface area (Å²) >= 11 is 0. The zero-order valence-electron chi connectivity index (χ0n) is 10.5. The van der Waals surface area contributed by atoms with Crippen molar-refractivity contribution < 1.29 is 13.2 Å². The SMILES string of the molecule is CCC(C)(C)NC(=O)CNCCS(C)(=O)=O. The molecule has 0 aromatic heterocycles. The number of hydrogen-bond acceptors (Lipinski definition) is 4. The quantitative estimate of drug-likeness (QED) is 0.620. The van der Waals surface area contributed by atoms with E-state index in [9.17, 15) is 13.2 Å². The van der Waals surface area contributed by atoms with Gasteiger partial charge in [-0.15, -0.1) is 0 Å². The van der Waals surface area contributed by atoms with E-state index in [2.05, 4.69) is 10.6 Å². The Kier molecular flexibility index (Phi) is 5.96. The van der Waals surface area contributed by atoms with E-state index in [1.807, 2.05) is 20.8 Å². The molecule has 0 atom stereocenters. The summed E-state index contributed by atoms with van der Waals surface area (Å²) in [7, 11) is -2.96. The van der Waals surface area contributed by atoms with Crippen LogP contribution >= 0.6 is 0 Å². The zero-order valence-corrected chi connectivity index (χ0v) is 11.3. The Bertz CT molecular complexity index is 323. The molecule has 0 rings (SSSR count). The van der Waals surface area contributed by atoms with Crippen molar-refractivity contribution >= 4 is 15.7 Å². The summed E-state index contributed by atoms with van der Waals surface area (Å²) in [6.07, 6.45) is 2.02. The molecule has 0 aliphatic heterocycles. The molecule has 1 amide bonds. The maximum Gasteiger partial charge on any atom is 0.234 e. The summed E-state index contributed by atoms with van der Waals surface area (Å²) in [6.45, 7) is 6.35. The summed E-state index contributed by atoms with van der Waals surface area (Å²) in [6, 6.07) is 0. The smallest absolute Gasteiger partial charge is 0.234 e. The highest BCUT2D eigenvalue weighted by Crippen LogP contribution is 2.05. The number of hydrogen-bond donors (Lipinski definition) is 2. The molecule has 0 saturated carbocycles. The summed E-state index contributed by atoms with van der Waals surface area (Å²) in [5.74, 6) is -0.0578. The number of rotatable bonds is 7. The Morgan fingerprint density at radius 1 is 1.31 bits per heavy atom. The van der Waals surface area contributed by atoms with E-state index in [4.69, 9.17) is 0 Å². The summed E-state index contributed by atoms with van der Waals surface area (Å²) in [4.78, 5) is 11.4. The van der Waals surface area contributed by atoms with E-state index in [1.165, 1.54) is 6.26 Å². The summed E-state index contributed by atoms with van der Waals surface area (Å²) in [5.41, 5.74) is -0.213. The predicted molar refractivity (Wildman–Crippen MR) is 65.1 cm³/mol. The van der Waals surface area contributed by atoms with Gasteiger partial charge in [0, 0.05) is 18.3 Å². The largest absolute Gasteiger partial charge is 0.350 e. The highest BCUT2D eigenvalue weighted by Gasteiger charge is 2.17. The van der Waals surface area contributed by atoms with E-state index in [-0.39, 0.29) is 23.7 Å². The third-order valence-corrected chi connectivity index (χ3v) is 3.24. The predicted octanol–water partition coefficient (Wildman–Crippen LogP) is -0.0746. The average molecular weight is 250 g/mol. The molecule has 0 bridgehead atoms. The van der Waals surface area contributed by atoms with Crippen LogP contribution in [0.25, 0.3) is 0 Å². The molecule has 5 nitrogen and oxygen atoms in total. The van der Waals surface area contributed by atoms with Crippen LogP contribution < -0.4 is 10.6 Å². The first-order valence-corrected chi connectivity index (χ1v) is 7.42. The van der Waals surface area contributed by atoms with Gasteiger partial charge in [-0.25, -0.2) is 8.42 Å². The fourth-order valence-electron chi connectivity index (χ4n) is 0.969. The first-order valence-electron chi connectivity index (χ1n) is 5.36. The van der Waals surface area contributed by atoms with Gasteiger partial charge in [0.1, 0.15) is 9.84 Å². The van der Waals surface area contributed by atoms with E-state index in [0.29, 0.717) is 6.54 Å². The number of carbonyl (C=O) groups excluding carboxylic acids is 1. The minimum absolute atomic E-state index is 0.0530. The molecule has 2 N–H and O–H groups in total. The second kappa shape index (κ2) is 6.20. The van der Waals surface area contributed by atoms with Crippen molar-refractivity contribution in [2.45, 2.75) is 32.7 Å². The van der Waals surface area contributed by atoms with Crippen molar-refractivity contribution in [3.05, 3.63) is 0 Å². The van der Waals surface area contributed by atoms with Crippen LogP contribution in [0.5, 0.6) is 0 Å². The van der Waals surface area contributed by atoms with Crippen LogP contribution in [-0.2, 0) is 14.6 Å². The van der Waals surface area contributed by atoms with Crippen molar-refractivity contribution in [2.24, 2.45) is 0 Å². The maximum absolute atomic E-state index is 11.4. The first kappa shape index (κ1) is 15.4. The van der Waals surface area contributed by atoms with E-state index in [0.717, 1.165) is 6.42 Å². The molecule has 16 heavy (non-hydrogen) atoms. The van der Waals surface area contributed by atoms with E-state index >= 15 is 0 Å². The van der Waals surface area contributed by atoms with Crippen molar-refractivity contribution in [3.63, 3.8) is 0 Å². The van der Waals surface area contributed by atoms with Gasteiger partial charge in [0.25, 0.3) is 0 Å². The second-order valence-electron chi connectivity index (χ2n) is 4.59. The topological polar surface area (TPSA) is 75.3 Å². The minimum Gasteiger partial charge on any atom is -0.350 e. The Balaban J connectivity index is 3.75. The molecule has 0 fully saturated rings. The van der Waals surface area contributed by atoms with Crippen molar-refractivity contribution in [1.82, 2.24) is 10.6 Å². The lowest BCUT2D eigenvalue weighted by atomic mass is 10.0. The van der Waals surface area contributed by atoms with Gasteiger partial charge in [0.2, 0.25) is 5.91 Å². The normalized spacial score (nSPS) is 12.5. The molecular weight excluding hydrogens is 228 g/mol. The molecule has 0 aliphatic carbocycles. The van der Waals surface area contributed by atoms with Crippen molar-refractivity contribution in [2.75, 3.05) is 25.1 Å². The Morgan fingerprint density at radius 3 is 2.31 bits per heavy atom. The number of nitrogens with one attached hydrogen (secondary N) is 2. The van der Waals surface area contributed by atoms with Crippen LogP contribution in [0.3, 0.4) is 0 Å². The molecule has 0 radical (unpaired) electrons. The molecule has 0 aromatic rings. The van der Waals surface area contributed by atoms with Gasteiger partial charge in [-0.3, -0.25) is 4.79 Å². The minimum atomic E-state index is -2.96. The van der Waals surface area contributed by atoms with Gasteiger partial charge >= 0.3 is 0 Å². The highest BCUT2D eigenvalue weighted by atomic mass is 32.2. The van der Waals surface area contributed by atoms with Crippen LogP contribution in [-0.4, -0.2) is 45.0 Å². The van der Waals surface area contributed by atoms with Gasteiger partial charge < -0.3 is 10.6 Å². The standard InChI is InChI=1S/C10H22N2O3S/c1-5-10(2,3)12-9(13)8-11-6-7-16(4,14)15/h11H,5-8H2,1-4H3,(H,12,13). The molecule has 0 aromatic carbocycles. The van der Waals surface area contributed by atoms with Gasteiger partial charge in [0.05, 0.1) is 12.3 Å². The van der Waals surface area contributed by atoms with Gasteiger partial charge in [-0.05, 0) is 20.3 Å². The Morgan fingerprint density at radius 2 is 1.88 bits per heavy atom. The van der Waals surface area contributed by atoms with Crippen molar-refractivity contribution in [3.8, 4) is 0 Å². The molecule has 0 heterocycles. The number of sulfone groups is 1. The van der Waals surface area contributed by atoms with Gasteiger partial charge in [-0.2, -0.15) is 0 Å². The average Bonchev–Trinajstić information content (AvgIpc) is 2.10. The lowest BCUT2D eigenvalue weighted by molar-refractivity contribution is -0.121. The highest BCUT2D eigenvalue weighted by molar-refractivity contribution is 7.90. The van der Waals surface area contributed by atoms with Crippen molar-refractivity contribution in [1.29, 1.82) is 0 Å². The molecule has 0 aliphatic rings. The van der Waals surface area contributed by atoms with Gasteiger partial charge in [-0.1, -0.05) is 6.92 Å². The van der Waals surface area contributed by atoms with Crippen LogP contribution in [0.4, 0.5) is 0 Å². The molecule has 96 valence electrons. The van der Waals surface area contributed by atoms with Crippen LogP contribution in [0.1, 0.15) is 27.2 Å². The second-order valence-corrected chi connectivity index (χ2v) is 6.85. The van der Waals surface area contributed by atoms with Gasteiger partial charge in [0.15, 0.2) is 0 Å². The third-order valence-electron chi connectivity index (χ3n) is 2.30. The van der Waals surface area contributed by atoms with Crippen LogP contribution in [0.15, 0.2) is 0 Å². The fraction of sp³-hybridized carbons (Fsp3) is 0.900. The number of amides is 1. The Labute approximate surface area is 97.9 Å². The summed E-state index contributed by atoms with van der Waals surface area (Å²) < 4.78 is 21.6. The lowest BCUT2D eigenvalue weighted by Crippen LogP contribution is -2.46. The monoisotopic (exact) mass is 250 g/mol. The molecule has 6 heteroatoms. The molecule has 0 unspecified atom stereocenters. The zero-order chi connectivity index (χ0) is 12.8. The molecule has 0 spiro atoms. The van der Waals surface area contributed by atoms with Crippen LogP contribution in [0, 0.1) is 0 Å². The lowest BCUT2D eigenvalue weighted by Gasteiger charge is -2.24. The third kappa shape index (κ3) is 8.67. The number of carbonyl (C=O) groups is 1. The van der Waals surface area contributed by atoms with E-state index < -0.39 is 9.84 Å².